The monoisotopic (exact) mass is 383 g/mol. The summed E-state index contributed by atoms with van der Waals surface area (Å²) in [6, 6.07) is 17.3. The molecule has 0 aliphatic carbocycles. The van der Waals surface area contributed by atoms with E-state index in [9.17, 15) is 9.59 Å². The lowest BCUT2D eigenvalue weighted by atomic mass is 10.1. The van der Waals surface area contributed by atoms with Crippen LogP contribution >= 0.6 is 11.6 Å². The molecule has 0 aliphatic heterocycles. The van der Waals surface area contributed by atoms with Gasteiger partial charge in [0.1, 0.15) is 5.76 Å². The van der Waals surface area contributed by atoms with Crippen molar-refractivity contribution in [2.45, 2.75) is 13.0 Å². The van der Waals surface area contributed by atoms with E-state index in [-0.39, 0.29) is 18.4 Å². The van der Waals surface area contributed by atoms with E-state index in [1.54, 1.807) is 48.7 Å². The summed E-state index contributed by atoms with van der Waals surface area (Å²) in [4.78, 5) is 24.0. The number of hydrogen-bond donors (Lipinski definition) is 3. The second-order valence-electron chi connectivity index (χ2n) is 5.78. The standard InChI is InChI=1S/C20H18ClN3O3/c21-18-6-2-1-4-14(18)12-19(25)23-15-7-9-16(10-8-15)24-20(26)22-13-17-5-3-11-27-17/h1-11H,12-13H2,(H,23,25)(H2,22,24,26). The molecule has 0 fully saturated rings. The van der Waals surface area contributed by atoms with Crippen LogP contribution in [0.15, 0.2) is 71.3 Å². The van der Waals surface area contributed by atoms with Crippen molar-refractivity contribution in [1.29, 1.82) is 0 Å². The van der Waals surface area contributed by atoms with Crippen molar-refractivity contribution in [2.75, 3.05) is 10.6 Å². The maximum absolute atomic E-state index is 12.1. The molecule has 0 unspecified atom stereocenters. The van der Waals surface area contributed by atoms with Crippen LogP contribution in [0.1, 0.15) is 11.3 Å². The first-order valence-corrected chi connectivity index (χ1v) is 8.68. The zero-order chi connectivity index (χ0) is 19.1. The minimum atomic E-state index is -0.345. The summed E-state index contributed by atoms with van der Waals surface area (Å²) in [5, 5.41) is 8.76. The van der Waals surface area contributed by atoms with Crippen molar-refractivity contribution in [1.82, 2.24) is 5.32 Å². The summed E-state index contributed by atoms with van der Waals surface area (Å²) < 4.78 is 5.15. The molecule has 0 atom stereocenters. The fourth-order valence-electron chi connectivity index (χ4n) is 2.41. The number of urea groups is 1. The van der Waals surface area contributed by atoms with Crippen LogP contribution in [0.5, 0.6) is 0 Å². The third-order valence-corrected chi connectivity index (χ3v) is 4.11. The van der Waals surface area contributed by atoms with Crippen molar-refractivity contribution in [3.8, 4) is 0 Å². The van der Waals surface area contributed by atoms with Gasteiger partial charge < -0.3 is 20.4 Å². The van der Waals surface area contributed by atoms with Crippen molar-refractivity contribution >= 4 is 34.9 Å². The van der Waals surface area contributed by atoms with Gasteiger partial charge in [0, 0.05) is 16.4 Å². The number of nitrogens with one attached hydrogen (secondary N) is 3. The second-order valence-corrected chi connectivity index (χ2v) is 6.19. The first kappa shape index (κ1) is 18.5. The molecule has 7 heteroatoms. The second kappa shape index (κ2) is 8.91. The zero-order valence-corrected chi connectivity index (χ0v) is 15.1. The number of hydrogen-bond acceptors (Lipinski definition) is 3. The van der Waals surface area contributed by atoms with Gasteiger partial charge in [0.25, 0.3) is 0 Å². The summed E-state index contributed by atoms with van der Waals surface area (Å²) in [6.07, 6.45) is 1.74. The molecule has 3 rings (SSSR count). The Balaban J connectivity index is 1.48. The highest BCUT2D eigenvalue weighted by atomic mass is 35.5. The fourth-order valence-corrected chi connectivity index (χ4v) is 2.62. The Hall–Kier alpha value is -3.25. The van der Waals surface area contributed by atoms with E-state index in [4.69, 9.17) is 16.0 Å². The lowest BCUT2D eigenvalue weighted by Crippen LogP contribution is -2.27. The summed E-state index contributed by atoms with van der Waals surface area (Å²) in [5.74, 6) is 0.502. The van der Waals surface area contributed by atoms with Gasteiger partial charge in [-0.15, -0.1) is 0 Å². The Morgan fingerprint density at radius 1 is 0.889 bits per heavy atom. The van der Waals surface area contributed by atoms with Crippen molar-refractivity contribution < 1.29 is 14.0 Å². The molecule has 0 spiro atoms. The predicted molar refractivity (Wildman–Crippen MR) is 105 cm³/mol. The highest BCUT2D eigenvalue weighted by molar-refractivity contribution is 6.31. The summed E-state index contributed by atoms with van der Waals surface area (Å²) in [5.41, 5.74) is 2.01. The van der Waals surface area contributed by atoms with Crippen LogP contribution in [0.3, 0.4) is 0 Å². The van der Waals surface area contributed by atoms with E-state index in [0.717, 1.165) is 5.56 Å². The van der Waals surface area contributed by atoms with Gasteiger partial charge in [0.05, 0.1) is 19.2 Å². The van der Waals surface area contributed by atoms with Crippen LogP contribution in [0.4, 0.5) is 16.2 Å². The van der Waals surface area contributed by atoms with Crippen LogP contribution in [0, 0.1) is 0 Å². The molecule has 0 bridgehead atoms. The number of carbonyl (C=O) groups excluding carboxylic acids is 2. The van der Waals surface area contributed by atoms with Gasteiger partial charge in [-0.1, -0.05) is 29.8 Å². The highest BCUT2D eigenvalue weighted by Gasteiger charge is 2.08. The number of anilines is 2. The van der Waals surface area contributed by atoms with E-state index >= 15 is 0 Å². The number of rotatable bonds is 6. The normalized spacial score (nSPS) is 10.3. The number of furan rings is 1. The summed E-state index contributed by atoms with van der Waals surface area (Å²) >= 11 is 6.07. The zero-order valence-electron chi connectivity index (χ0n) is 14.4. The highest BCUT2D eigenvalue weighted by Crippen LogP contribution is 2.17. The third-order valence-electron chi connectivity index (χ3n) is 3.74. The number of halogens is 1. The van der Waals surface area contributed by atoms with Crippen molar-refractivity contribution in [3.05, 3.63) is 83.3 Å². The largest absolute Gasteiger partial charge is 0.467 e. The molecule has 0 aliphatic rings. The SMILES string of the molecule is O=C(Cc1ccccc1Cl)Nc1ccc(NC(=O)NCc2ccco2)cc1. The summed E-state index contributed by atoms with van der Waals surface area (Å²) in [6.45, 7) is 0.301. The Morgan fingerprint density at radius 3 is 2.26 bits per heavy atom. The molecule has 0 radical (unpaired) electrons. The third kappa shape index (κ3) is 5.62. The van der Waals surface area contributed by atoms with Crippen LogP contribution in [-0.2, 0) is 17.8 Å². The lowest BCUT2D eigenvalue weighted by Gasteiger charge is -2.09. The molecule has 3 N–H and O–H groups in total. The fraction of sp³-hybridized carbons (Fsp3) is 0.100. The molecule has 6 nitrogen and oxygen atoms in total. The molecule has 27 heavy (non-hydrogen) atoms. The first-order chi connectivity index (χ1) is 13.1. The van der Waals surface area contributed by atoms with Gasteiger partial charge in [-0.25, -0.2) is 4.79 Å². The number of benzene rings is 2. The van der Waals surface area contributed by atoms with E-state index in [1.165, 1.54) is 0 Å². The van der Waals surface area contributed by atoms with E-state index in [1.807, 2.05) is 18.2 Å². The van der Waals surface area contributed by atoms with E-state index in [0.29, 0.717) is 28.7 Å². The van der Waals surface area contributed by atoms with Crippen LogP contribution in [0.25, 0.3) is 0 Å². The van der Waals surface area contributed by atoms with Crippen LogP contribution in [-0.4, -0.2) is 11.9 Å². The average molecular weight is 384 g/mol. The number of amides is 3. The Bertz CT molecular complexity index is 908. The van der Waals surface area contributed by atoms with Crippen LogP contribution in [0.2, 0.25) is 5.02 Å². The van der Waals surface area contributed by atoms with Gasteiger partial charge >= 0.3 is 6.03 Å². The van der Waals surface area contributed by atoms with Gasteiger partial charge in [-0.3, -0.25) is 4.79 Å². The van der Waals surface area contributed by atoms with Crippen molar-refractivity contribution in [3.63, 3.8) is 0 Å². The molecule has 1 heterocycles. The Kier molecular flexibility index (Phi) is 6.12. The predicted octanol–water partition coefficient (Wildman–Crippen LogP) is 4.44. The Morgan fingerprint density at radius 2 is 1.59 bits per heavy atom. The molecule has 1 aromatic heterocycles. The van der Waals surface area contributed by atoms with Gasteiger partial charge in [-0.2, -0.15) is 0 Å². The van der Waals surface area contributed by atoms with E-state index in [2.05, 4.69) is 16.0 Å². The topological polar surface area (TPSA) is 83.4 Å². The summed E-state index contributed by atoms with van der Waals surface area (Å²) in [7, 11) is 0. The van der Waals surface area contributed by atoms with E-state index < -0.39 is 0 Å². The lowest BCUT2D eigenvalue weighted by molar-refractivity contribution is -0.115. The molecule has 3 aromatic rings. The Labute approximate surface area is 161 Å². The quantitative estimate of drug-likeness (QED) is 0.588. The number of carbonyl (C=O) groups is 2. The molecule has 2 aromatic carbocycles. The minimum absolute atomic E-state index is 0.167. The van der Waals surface area contributed by atoms with Crippen LogP contribution < -0.4 is 16.0 Å². The first-order valence-electron chi connectivity index (χ1n) is 8.31. The molecular formula is C20H18ClN3O3. The average Bonchev–Trinajstić information content (AvgIpc) is 3.17. The maximum atomic E-state index is 12.1. The van der Waals surface area contributed by atoms with Gasteiger partial charge in [-0.05, 0) is 48.0 Å². The molecule has 138 valence electrons. The minimum Gasteiger partial charge on any atom is -0.467 e. The van der Waals surface area contributed by atoms with Crippen molar-refractivity contribution in [2.24, 2.45) is 0 Å². The smallest absolute Gasteiger partial charge is 0.319 e. The molecular weight excluding hydrogens is 366 g/mol. The van der Waals surface area contributed by atoms with Gasteiger partial charge in [0.2, 0.25) is 5.91 Å². The molecule has 0 saturated carbocycles. The molecule has 3 amide bonds. The van der Waals surface area contributed by atoms with Gasteiger partial charge in [0.15, 0.2) is 0 Å². The molecule has 0 saturated heterocycles. The maximum Gasteiger partial charge on any atom is 0.319 e.